The Balaban J connectivity index is 2.36. The molecule has 86 valence electrons. The van der Waals surface area contributed by atoms with E-state index in [1.807, 2.05) is 24.3 Å². The molecular weight excluding hydrogens is 274 g/mol. The number of aliphatic hydroxyl groups is 1. The van der Waals surface area contributed by atoms with Crippen LogP contribution in [0.5, 0.6) is 0 Å². The molecule has 4 nitrogen and oxygen atoms in total. The van der Waals surface area contributed by atoms with Crippen LogP contribution < -0.4 is 4.90 Å². The van der Waals surface area contributed by atoms with Crippen LogP contribution in [0.1, 0.15) is 0 Å². The van der Waals surface area contributed by atoms with Gasteiger partial charge < -0.3 is 14.7 Å². The van der Waals surface area contributed by atoms with Crippen molar-refractivity contribution >= 4 is 27.5 Å². The summed E-state index contributed by atoms with van der Waals surface area (Å²) < 4.78 is 5.95. The maximum Gasteiger partial charge on any atom is 0.253 e. The third kappa shape index (κ3) is 2.11. The minimum atomic E-state index is -0.306. The number of carbonyl (C=O) groups excluding carboxylic acids is 1. The topological polar surface area (TPSA) is 49.8 Å². The highest BCUT2D eigenvalue weighted by molar-refractivity contribution is 9.10. The van der Waals surface area contributed by atoms with Crippen molar-refractivity contribution in [2.45, 2.75) is 6.04 Å². The van der Waals surface area contributed by atoms with Crippen LogP contribution in [0.4, 0.5) is 5.69 Å². The second-order valence-corrected chi connectivity index (χ2v) is 4.42. The molecule has 0 saturated carbocycles. The highest BCUT2D eigenvalue weighted by Crippen LogP contribution is 2.28. The standard InChI is InChI=1S/C11H12BrNO3/c12-9-3-1-2-4-10(9)13-8(5-14)6-16-7-11(13)15/h1-4,8,14H,5-7H2. The molecule has 0 bridgehead atoms. The van der Waals surface area contributed by atoms with Crippen molar-refractivity contribution in [3.8, 4) is 0 Å². The van der Waals surface area contributed by atoms with Crippen LogP contribution in [0.2, 0.25) is 0 Å². The predicted molar refractivity (Wildman–Crippen MR) is 63.3 cm³/mol. The first kappa shape index (κ1) is 11.6. The summed E-state index contributed by atoms with van der Waals surface area (Å²) in [4.78, 5) is 13.4. The summed E-state index contributed by atoms with van der Waals surface area (Å²) in [5.74, 6) is -0.128. The van der Waals surface area contributed by atoms with E-state index in [1.54, 1.807) is 4.90 Å². The molecule has 1 N–H and O–H groups in total. The van der Waals surface area contributed by atoms with Gasteiger partial charge in [-0.25, -0.2) is 0 Å². The van der Waals surface area contributed by atoms with Crippen molar-refractivity contribution in [1.29, 1.82) is 0 Å². The van der Waals surface area contributed by atoms with Crippen LogP contribution in [-0.2, 0) is 9.53 Å². The third-order valence-electron chi connectivity index (χ3n) is 2.49. The van der Waals surface area contributed by atoms with E-state index in [9.17, 15) is 9.90 Å². The highest BCUT2D eigenvalue weighted by atomic mass is 79.9. The van der Waals surface area contributed by atoms with E-state index in [2.05, 4.69) is 15.9 Å². The Bertz CT molecular complexity index is 397. The van der Waals surface area contributed by atoms with E-state index in [4.69, 9.17) is 4.74 Å². The minimum absolute atomic E-state index is 0.0673. The number of hydrogen-bond acceptors (Lipinski definition) is 3. The lowest BCUT2D eigenvalue weighted by Gasteiger charge is -2.34. The quantitative estimate of drug-likeness (QED) is 0.888. The minimum Gasteiger partial charge on any atom is -0.394 e. The van der Waals surface area contributed by atoms with E-state index in [1.165, 1.54) is 0 Å². The van der Waals surface area contributed by atoms with Gasteiger partial charge in [-0.05, 0) is 28.1 Å². The number of para-hydroxylation sites is 1. The number of nitrogens with zero attached hydrogens (tertiary/aromatic N) is 1. The molecule has 16 heavy (non-hydrogen) atoms. The molecule has 1 atom stereocenters. The Kier molecular flexibility index (Phi) is 3.58. The van der Waals surface area contributed by atoms with Crippen molar-refractivity contribution in [1.82, 2.24) is 0 Å². The van der Waals surface area contributed by atoms with Gasteiger partial charge in [-0.15, -0.1) is 0 Å². The number of rotatable bonds is 2. The summed E-state index contributed by atoms with van der Waals surface area (Å²) >= 11 is 3.40. The number of aliphatic hydroxyl groups excluding tert-OH is 1. The first-order valence-corrected chi connectivity index (χ1v) is 5.78. The van der Waals surface area contributed by atoms with Crippen LogP contribution >= 0.6 is 15.9 Å². The summed E-state index contributed by atoms with van der Waals surface area (Å²) in [7, 11) is 0. The number of anilines is 1. The van der Waals surface area contributed by atoms with Crippen LogP contribution in [-0.4, -0.2) is 36.9 Å². The summed E-state index contributed by atoms with van der Waals surface area (Å²) in [5.41, 5.74) is 0.773. The fraction of sp³-hybridized carbons (Fsp3) is 0.364. The summed E-state index contributed by atoms with van der Waals surface area (Å²) in [6.45, 7) is 0.328. The molecule has 1 saturated heterocycles. The van der Waals surface area contributed by atoms with Crippen LogP contribution in [0.25, 0.3) is 0 Å². The Hall–Kier alpha value is -0.910. The van der Waals surface area contributed by atoms with Crippen LogP contribution in [0, 0.1) is 0 Å². The summed E-state index contributed by atoms with van der Waals surface area (Å²) in [5, 5.41) is 9.24. The molecule has 1 aromatic carbocycles. The molecule has 1 unspecified atom stereocenters. The molecule has 0 aromatic heterocycles. The third-order valence-corrected chi connectivity index (χ3v) is 3.16. The molecule has 0 aliphatic carbocycles. The number of ether oxygens (including phenoxy) is 1. The van der Waals surface area contributed by atoms with Crippen LogP contribution in [0.15, 0.2) is 28.7 Å². The van der Waals surface area contributed by atoms with Gasteiger partial charge in [0.25, 0.3) is 5.91 Å². The molecule has 0 spiro atoms. The highest BCUT2D eigenvalue weighted by Gasteiger charge is 2.30. The fourth-order valence-electron chi connectivity index (χ4n) is 1.74. The second kappa shape index (κ2) is 4.95. The number of benzene rings is 1. The monoisotopic (exact) mass is 285 g/mol. The number of halogens is 1. The summed E-state index contributed by atoms with van der Waals surface area (Å²) in [6, 6.07) is 7.14. The molecule has 5 heteroatoms. The van der Waals surface area contributed by atoms with Gasteiger partial charge in [-0.3, -0.25) is 4.79 Å². The Morgan fingerprint density at radius 2 is 2.25 bits per heavy atom. The first-order valence-electron chi connectivity index (χ1n) is 4.99. The number of hydrogen-bond donors (Lipinski definition) is 1. The van der Waals surface area contributed by atoms with E-state index in [0.29, 0.717) is 6.61 Å². The predicted octanol–water partition coefficient (Wildman–Crippen LogP) is 1.17. The molecule has 1 aliphatic rings. The molecule has 0 radical (unpaired) electrons. The largest absolute Gasteiger partial charge is 0.394 e. The SMILES string of the molecule is O=C1COCC(CO)N1c1ccccc1Br. The van der Waals surface area contributed by atoms with Gasteiger partial charge in [-0.2, -0.15) is 0 Å². The Labute approximate surface area is 102 Å². The number of carbonyl (C=O) groups is 1. The van der Waals surface area contributed by atoms with Gasteiger partial charge in [0, 0.05) is 4.47 Å². The first-order chi connectivity index (χ1) is 7.74. The lowest BCUT2D eigenvalue weighted by molar-refractivity contribution is -0.128. The maximum atomic E-state index is 11.8. The van der Waals surface area contributed by atoms with E-state index in [-0.39, 0.29) is 25.2 Å². The molecule has 1 fully saturated rings. The lowest BCUT2D eigenvalue weighted by atomic mass is 10.2. The van der Waals surface area contributed by atoms with Crippen molar-refractivity contribution in [2.75, 3.05) is 24.7 Å². The van der Waals surface area contributed by atoms with E-state index >= 15 is 0 Å². The van der Waals surface area contributed by atoms with Gasteiger partial charge in [-0.1, -0.05) is 12.1 Å². The second-order valence-electron chi connectivity index (χ2n) is 3.57. The fourth-order valence-corrected chi connectivity index (χ4v) is 2.22. The van der Waals surface area contributed by atoms with Gasteiger partial charge >= 0.3 is 0 Å². The average Bonchev–Trinajstić information content (AvgIpc) is 2.30. The van der Waals surface area contributed by atoms with Gasteiger partial charge in [0.1, 0.15) is 6.61 Å². The van der Waals surface area contributed by atoms with Crippen molar-refractivity contribution in [3.05, 3.63) is 28.7 Å². The van der Waals surface area contributed by atoms with Crippen molar-refractivity contribution in [2.24, 2.45) is 0 Å². The van der Waals surface area contributed by atoms with E-state index in [0.717, 1.165) is 10.2 Å². The smallest absolute Gasteiger partial charge is 0.253 e. The molecule has 1 amide bonds. The van der Waals surface area contributed by atoms with Crippen molar-refractivity contribution < 1.29 is 14.6 Å². The number of amides is 1. The zero-order chi connectivity index (χ0) is 11.5. The zero-order valence-corrected chi connectivity index (χ0v) is 10.2. The maximum absolute atomic E-state index is 11.8. The molecular formula is C11H12BrNO3. The van der Waals surface area contributed by atoms with Gasteiger partial charge in [0.15, 0.2) is 0 Å². The Morgan fingerprint density at radius 3 is 2.94 bits per heavy atom. The zero-order valence-electron chi connectivity index (χ0n) is 8.60. The normalized spacial score (nSPS) is 21.2. The molecule has 1 aromatic rings. The van der Waals surface area contributed by atoms with Crippen molar-refractivity contribution in [3.63, 3.8) is 0 Å². The average molecular weight is 286 g/mol. The molecule has 1 heterocycles. The lowest BCUT2D eigenvalue weighted by Crippen LogP contribution is -2.51. The van der Waals surface area contributed by atoms with Gasteiger partial charge in [0.2, 0.25) is 0 Å². The summed E-state index contributed by atoms with van der Waals surface area (Å²) in [6.07, 6.45) is 0. The van der Waals surface area contributed by atoms with E-state index < -0.39 is 0 Å². The Morgan fingerprint density at radius 1 is 1.50 bits per heavy atom. The molecule has 2 rings (SSSR count). The molecule has 1 aliphatic heterocycles. The van der Waals surface area contributed by atoms with Gasteiger partial charge in [0.05, 0.1) is 24.9 Å². The van der Waals surface area contributed by atoms with Crippen LogP contribution in [0.3, 0.4) is 0 Å². The number of morpholine rings is 1.